The van der Waals surface area contributed by atoms with Gasteiger partial charge in [0.25, 0.3) is 0 Å². The van der Waals surface area contributed by atoms with Crippen molar-refractivity contribution in [1.82, 2.24) is 0 Å². The number of carbonyl (C=O) groups excluding carboxylic acids is 4. The quantitative estimate of drug-likeness (QED) is 0.244. The molecule has 0 rings (SSSR count). The van der Waals surface area contributed by atoms with Gasteiger partial charge in [0.05, 0.1) is 23.9 Å². The standard InChI is InChI=1S/2C8H12O4.Sn/c2*1-2-3-4-6(8(11)12)5-7(9)10;/h2*5H,2-4H2,1H3,(H,9,10)(H,11,12);/q;;+4/p-4/b2*6-5-;. The van der Waals surface area contributed by atoms with E-state index in [2.05, 4.69) is 0 Å². The van der Waals surface area contributed by atoms with Gasteiger partial charge in [-0.05, 0) is 49.0 Å². The van der Waals surface area contributed by atoms with Crippen molar-refractivity contribution in [3.05, 3.63) is 23.3 Å². The minimum atomic E-state index is -1.50. The fourth-order valence-corrected chi connectivity index (χ4v) is 1.49. The largest absolute Gasteiger partial charge is 4.00 e. The predicted molar refractivity (Wildman–Crippen MR) is 81.0 cm³/mol. The van der Waals surface area contributed by atoms with E-state index in [0.717, 1.165) is 12.8 Å². The predicted octanol–water partition coefficient (Wildman–Crippen LogP) is -3.18. The Morgan fingerprint density at radius 3 is 1.12 bits per heavy atom. The monoisotopic (exact) mass is 460 g/mol. The van der Waals surface area contributed by atoms with Crippen LogP contribution in [0.4, 0.5) is 0 Å². The number of rotatable bonds is 10. The average molecular weight is 459 g/mol. The molecule has 0 aliphatic heterocycles. The van der Waals surface area contributed by atoms with Gasteiger partial charge in [0, 0.05) is 0 Å². The van der Waals surface area contributed by atoms with Gasteiger partial charge in [-0.1, -0.05) is 26.7 Å². The van der Waals surface area contributed by atoms with Crippen LogP contribution in [-0.2, 0) is 19.2 Å². The topological polar surface area (TPSA) is 161 Å². The van der Waals surface area contributed by atoms with Crippen molar-refractivity contribution < 1.29 is 39.6 Å². The van der Waals surface area contributed by atoms with Gasteiger partial charge in [-0.25, -0.2) is 0 Å². The van der Waals surface area contributed by atoms with Crippen LogP contribution >= 0.6 is 0 Å². The molecule has 0 saturated carbocycles. The molecular weight excluding hydrogens is 439 g/mol. The number of hydrogen-bond acceptors (Lipinski definition) is 8. The van der Waals surface area contributed by atoms with Gasteiger partial charge >= 0.3 is 23.9 Å². The van der Waals surface area contributed by atoms with Crippen molar-refractivity contribution in [3.8, 4) is 0 Å². The van der Waals surface area contributed by atoms with E-state index in [0.29, 0.717) is 25.0 Å². The summed E-state index contributed by atoms with van der Waals surface area (Å²) >= 11 is 0. The third kappa shape index (κ3) is 18.3. The third-order valence-corrected chi connectivity index (χ3v) is 2.71. The zero-order valence-electron chi connectivity index (χ0n) is 14.2. The summed E-state index contributed by atoms with van der Waals surface area (Å²) in [5, 5.41) is 40.5. The molecule has 0 aliphatic carbocycles. The molecule has 0 bridgehead atoms. The second-order valence-electron chi connectivity index (χ2n) is 4.76. The summed E-state index contributed by atoms with van der Waals surface area (Å²) in [5.41, 5.74) is -0.422. The molecule has 0 spiro atoms. The number of hydrogen-bond donors (Lipinski definition) is 0. The second-order valence-corrected chi connectivity index (χ2v) is 4.76. The molecule has 0 amide bonds. The molecule has 0 aromatic rings. The first kappa shape index (κ1) is 28.0. The van der Waals surface area contributed by atoms with E-state index in [4.69, 9.17) is 0 Å². The van der Waals surface area contributed by atoms with Gasteiger partial charge in [-0.2, -0.15) is 0 Å². The summed E-state index contributed by atoms with van der Waals surface area (Å²) in [5.74, 6) is -5.86. The molecule has 0 atom stereocenters. The SMILES string of the molecule is CCCC/C(=C/C(=O)[O-])C(=O)[O-].CCCC/C(=C/C(=O)[O-])C(=O)[O-].[Sn+4]. The van der Waals surface area contributed by atoms with Gasteiger partial charge in [-0.3, -0.25) is 0 Å². The van der Waals surface area contributed by atoms with E-state index in [9.17, 15) is 39.6 Å². The zero-order valence-corrected chi connectivity index (χ0v) is 17.0. The molecule has 0 aromatic heterocycles. The summed E-state index contributed by atoms with van der Waals surface area (Å²) in [7, 11) is 0. The molecular formula is C16H20O8Sn. The number of unbranched alkanes of at least 4 members (excludes halogenated alkanes) is 2. The third-order valence-electron chi connectivity index (χ3n) is 2.71. The molecule has 0 N–H and O–H groups in total. The van der Waals surface area contributed by atoms with Crippen LogP contribution in [0.5, 0.6) is 0 Å². The Morgan fingerprint density at radius 1 is 0.680 bits per heavy atom. The average Bonchev–Trinajstić information content (AvgIpc) is 2.47. The van der Waals surface area contributed by atoms with E-state index in [1.807, 2.05) is 13.8 Å². The number of aliphatic carboxylic acids is 4. The van der Waals surface area contributed by atoms with E-state index in [1.165, 1.54) is 0 Å². The fraction of sp³-hybridized carbons (Fsp3) is 0.500. The first-order valence-corrected chi connectivity index (χ1v) is 7.41. The van der Waals surface area contributed by atoms with Gasteiger partial charge in [0.2, 0.25) is 0 Å². The summed E-state index contributed by atoms with van der Waals surface area (Å²) in [6, 6.07) is 0. The Bertz CT molecular complexity index is 462. The van der Waals surface area contributed by atoms with Crippen molar-refractivity contribution in [2.24, 2.45) is 0 Å². The Hall–Kier alpha value is -1.84. The fourth-order valence-electron chi connectivity index (χ4n) is 1.49. The molecule has 0 saturated heterocycles. The number of carbonyl (C=O) groups is 4. The van der Waals surface area contributed by atoms with E-state index in [1.54, 1.807) is 0 Å². The van der Waals surface area contributed by atoms with Crippen LogP contribution in [0, 0.1) is 0 Å². The minimum absolute atomic E-state index is 0. The van der Waals surface area contributed by atoms with Crippen molar-refractivity contribution in [2.45, 2.75) is 52.4 Å². The molecule has 0 heterocycles. The zero-order chi connectivity index (χ0) is 19.1. The molecule has 0 radical (unpaired) electrons. The normalized spacial score (nSPS) is 10.8. The maximum Gasteiger partial charge on any atom is 4.00 e. The Balaban J connectivity index is -0.000000372. The maximum absolute atomic E-state index is 10.3. The molecule has 9 heteroatoms. The van der Waals surface area contributed by atoms with Gasteiger partial charge in [0.15, 0.2) is 0 Å². The minimum Gasteiger partial charge on any atom is -0.545 e. The molecule has 0 unspecified atom stereocenters. The molecule has 8 nitrogen and oxygen atoms in total. The smallest absolute Gasteiger partial charge is 0.545 e. The van der Waals surface area contributed by atoms with Crippen LogP contribution < -0.4 is 20.4 Å². The van der Waals surface area contributed by atoms with Crippen LogP contribution in [0.15, 0.2) is 23.3 Å². The first-order chi connectivity index (χ1) is 11.1. The van der Waals surface area contributed by atoms with Crippen LogP contribution in [0.3, 0.4) is 0 Å². The summed E-state index contributed by atoms with van der Waals surface area (Å²) in [6.07, 6.45) is 4.45. The van der Waals surface area contributed by atoms with Gasteiger partial charge < -0.3 is 39.6 Å². The van der Waals surface area contributed by atoms with Gasteiger partial charge in [0.1, 0.15) is 0 Å². The Morgan fingerprint density at radius 2 is 0.960 bits per heavy atom. The van der Waals surface area contributed by atoms with Crippen molar-refractivity contribution >= 4 is 47.8 Å². The molecule has 0 fully saturated rings. The van der Waals surface area contributed by atoms with Crippen molar-refractivity contribution in [3.63, 3.8) is 0 Å². The maximum atomic E-state index is 10.3. The van der Waals surface area contributed by atoms with E-state index >= 15 is 0 Å². The van der Waals surface area contributed by atoms with Crippen LogP contribution in [0.25, 0.3) is 0 Å². The summed E-state index contributed by atoms with van der Waals surface area (Å²) in [6.45, 7) is 3.76. The van der Waals surface area contributed by atoms with E-state index < -0.39 is 23.9 Å². The van der Waals surface area contributed by atoms with Crippen molar-refractivity contribution in [2.75, 3.05) is 0 Å². The number of carboxylic acid groups (broad SMARTS) is 4. The Kier molecular flexibility index (Phi) is 19.0. The van der Waals surface area contributed by atoms with Crippen LogP contribution in [0.2, 0.25) is 0 Å². The molecule has 136 valence electrons. The molecule has 0 aromatic carbocycles. The molecule has 0 aliphatic rings. The van der Waals surface area contributed by atoms with Crippen LogP contribution in [-0.4, -0.2) is 47.8 Å². The summed E-state index contributed by atoms with van der Waals surface area (Å²) < 4.78 is 0. The Labute approximate surface area is 163 Å². The van der Waals surface area contributed by atoms with E-state index in [-0.39, 0.29) is 47.9 Å². The van der Waals surface area contributed by atoms with Gasteiger partial charge in [-0.15, -0.1) is 0 Å². The number of carboxylic acids is 4. The van der Waals surface area contributed by atoms with Crippen molar-refractivity contribution in [1.29, 1.82) is 0 Å². The van der Waals surface area contributed by atoms with Crippen LogP contribution in [0.1, 0.15) is 52.4 Å². The molecule has 25 heavy (non-hydrogen) atoms. The second kappa shape index (κ2) is 17.0. The first-order valence-electron chi connectivity index (χ1n) is 7.41. The summed E-state index contributed by atoms with van der Waals surface area (Å²) in [4.78, 5) is 40.5.